The Hall–Kier alpha value is -1.82. The van der Waals surface area contributed by atoms with Crippen LogP contribution in [0.1, 0.15) is 58.8 Å². The Morgan fingerprint density at radius 3 is 2.47 bits per heavy atom. The molecule has 0 spiro atoms. The molecule has 43 heavy (non-hydrogen) atoms. The molecular weight excluding hydrogens is 552 g/mol. The third kappa shape index (κ3) is 7.53. The molecule has 3 fully saturated rings. The van der Waals surface area contributed by atoms with Crippen molar-refractivity contribution in [3.05, 3.63) is 11.3 Å². The van der Waals surface area contributed by atoms with Crippen LogP contribution in [0.15, 0.2) is 11.3 Å². The van der Waals surface area contributed by atoms with E-state index in [1.165, 1.54) is 0 Å². The maximum absolute atomic E-state index is 15.6. The largest absolute Gasteiger partial charge is 0.371 e. The molecule has 0 aliphatic carbocycles. The Morgan fingerprint density at radius 1 is 0.953 bits per heavy atom. The average Bonchev–Trinajstić information content (AvgIpc) is 3.23. The fourth-order valence-corrected chi connectivity index (χ4v) is 8.37. The fraction of sp³-hybridized carbons (Fsp3) is 0.875. The Balaban J connectivity index is 1.27. The number of likely N-dealkylation sites (tertiary alicyclic amines) is 1. The summed E-state index contributed by atoms with van der Waals surface area (Å²) in [7, 11) is 2.10. The Kier molecular flexibility index (Phi) is 11.0. The van der Waals surface area contributed by atoms with Gasteiger partial charge in [-0.3, -0.25) is 14.5 Å². The Bertz CT molecular complexity index is 1000. The first-order chi connectivity index (χ1) is 20.6. The van der Waals surface area contributed by atoms with E-state index in [2.05, 4.69) is 39.3 Å². The second kappa shape index (κ2) is 14.5. The van der Waals surface area contributed by atoms with Crippen molar-refractivity contribution in [3.63, 3.8) is 0 Å². The van der Waals surface area contributed by atoms with Gasteiger partial charge in [-0.1, -0.05) is 5.57 Å². The van der Waals surface area contributed by atoms with Crippen LogP contribution in [0.25, 0.3) is 0 Å². The van der Waals surface area contributed by atoms with E-state index in [9.17, 15) is 14.0 Å². The molecule has 9 nitrogen and oxygen atoms in total. The predicted octanol–water partition coefficient (Wildman–Crippen LogP) is 1.74. The second-order valence-electron chi connectivity index (χ2n) is 13.9. The molecule has 5 aliphatic heterocycles. The molecule has 0 saturated carbocycles. The first-order valence-electron chi connectivity index (χ1n) is 16.9. The van der Waals surface area contributed by atoms with Gasteiger partial charge in [0.25, 0.3) is 0 Å². The highest BCUT2D eigenvalue weighted by atomic mass is 19.1. The molecular formula is C32H55F2N7O2. The number of amides is 2. The van der Waals surface area contributed by atoms with Crippen LogP contribution >= 0.6 is 0 Å². The number of carbonyl (C=O) groups is 2. The number of piperidine rings is 2. The van der Waals surface area contributed by atoms with Crippen LogP contribution in [0.3, 0.4) is 0 Å². The molecule has 0 aromatic carbocycles. The molecule has 0 aromatic rings. The zero-order valence-corrected chi connectivity index (χ0v) is 26.6. The van der Waals surface area contributed by atoms with Crippen molar-refractivity contribution in [1.29, 1.82) is 0 Å². The van der Waals surface area contributed by atoms with Crippen molar-refractivity contribution in [1.82, 2.24) is 30.2 Å². The highest BCUT2D eigenvalue weighted by Crippen LogP contribution is 2.38. The number of alkyl halides is 2. The fourth-order valence-electron chi connectivity index (χ4n) is 8.37. The number of hydrogen-bond acceptors (Lipinski definition) is 7. The van der Waals surface area contributed by atoms with Gasteiger partial charge in [0.15, 0.2) is 0 Å². The quantitative estimate of drug-likeness (QED) is 0.424. The van der Waals surface area contributed by atoms with Crippen LogP contribution < -0.4 is 16.4 Å². The Labute approximate surface area is 256 Å². The van der Waals surface area contributed by atoms with Gasteiger partial charge in [-0.25, -0.2) is 8.78 Å². The van der Waals surface area contributed by atoms with E-state index in [4.69, 9.17) is 5.73 Å². The van der Waals surface area contributed by atoms with Gasteiger partial charge >= 0.3 is 0 Å². The minimum Gasteiger partial charge on any atom is -0.371 e. The molecule has 3 saturated heterocycles. The van der Waals surface area contributed by atoms with Gasteiger partial charge in [0.1, 0.15) is 12.3 Å². The molecule has 0 aromatic heterocycles. The summed E-state index contributed by atoms with van der Waals surface area (Å²) in [5, 5.41) is 6.39. The molecule has 7 unspecified atom stereocenters. The lowest BCUT2D eigenvalue weighted by Gasteiger charge is -2.46. The maximum atomic E-state index is 15.6. The van der Waals surface area contributed by atoms with Crippen LogP contribution in [0, 0.1) is 17.8 Å². The summed E-state index contributed by atoms with van der Waals surface area (Å²) in [4.78, 5) is 36.0. The van der Waals surface area contributed by atoms with Gasteiger partial charge in [0, 0.05) is 63.5 Å². The lowest BCUT2D eigenvalue weighted by atomic mass is 9.83. The molecule has 7 atom stereocenters. The number of carbonyl (C=O) groups excluding carboxylic acids is 2. The SMILES string of the molecule is CC1=C(C(C(=O)NC2CNCC(F)C2N2CCC(C(=O)N3CCCN(C)CC3)CC2)C(C)N)N2CCCC1CCC(F)C2. The van der Waals surface area contributed by atoms with Crippen LogP contribution in [-0.4, -0.2) is 134 Å². The number of hydrogen-bond donors (Lipinski definition) is 3. The normalized spacial score (nSPS) is 33.8. The van der Waals surface area contributed by atoms with Gasteiger partial charge in [0.05, 0.1) is 18.0 Å². The second-order valence-corrected chi connectivity index (χ2v) is 13.9. The molecule has 5 aliphatic rings. The number of nitrogens with zero attached hydrogens (tertiary/aromatic N) is 4. The van der Waals surface area contributed by atoms with Crippen LogP contribution in [0.5, 0.6) is 0 Å². The molecule has 244 valence electrons. The van der Waals surface area contributed by atoms with E-state index in [0.29, 0.717) is 38.9 Å². The van der Waals surface area contributed by atoms with Gasteiger partial charge in [-0.05, 0) is 91.4 Å². The third-order valence-electron chi connectivity index (χ3n) is 10.8. The zero-order chi connectivity index (χ0) is 30.7. The summed E-state index contributed by atoms with van der Waals surface area (Å²) >= 11 is 0. The molecule has 2 bridgehead atoms. The summed E-state index contributed by atoms with van der Waals surface area (Å²) in [6.07, 6.45) is 3.65. The summed E-state index contributed by atoms with van der Waals surface area (Å²) in [5.41, 5.74) is 8.56. The number of rotatable bonds is 6. The van der Waals surface area contributed by atoms with Gasteiger partial charge in [0.2, 0.25) is 11.8 Å². The molecule has 11 heteroatoms. The lowest BCUT2D eigenvalue weighted by Crippen LogP contribution is -2.66. The highest BCUT2D eigenvalue weighted by molar-refractivity contribution is 5.83. The monoisotopic (exact) mass is 607 g/mol. The number of halogens is 2. The first kappa shape index (κ1) is 32.6. The van der Waals surface area contributed by atoms with Crippen LogP contribution in [-0.2, 0) is 9.59 Å². The van der Waals surface area contributed by atoms with Crippen molar-refractivity contribution in [3.8, 4) is 0 Å². The van der Waals surface area contributed by atoms with E-state index in [0.717, 1.165) is 69.7 Å². The van der Waals surface area contributed by atoms with E-state index < -0.39 is 36.4 Å². The lowest BCUT2D eigenvalue weighted by molar-refractivity contribution is -0.137. The standard InChI is InChI=1S/C32H55F2N7O2/c1-21-23-6-4-12-41(20-25(33)8-7-23)29(21)28(22(2)35)31(42)37-27-19-36-18-26(34)30(27)39-14-9-24(10-15-39)32(43)40-13-5-11-38(3)16-17-40/h22-28,30,36H,4-20,35H2,1-3H3,(H,37,42). The average molecular weight is 608 g/mol. The van der Waals surface area contributed by atoms with E-state index in [1.54, 1.807) is 0 Å². The molecule has 2 amide bonds. The summed E-state index contributed by atoms with van der Waals surface area (Å²) in [5.74, 6) is -0.362. The van der Waals surface area contributed by atoms with E-state index in [-0.39, 0.29) is 36.7 Å². The maximum Gasteiger partial charge on any atom is 0.230 e. The summed E-state index contributed by atoms with van der Waals surface area (Å²) < 4.78 is 30.5. The highest BCUT2D eigenvalue weighted by Gasteiger charge is 2.43. The van der Waals surface area contributed by atoms with Crippen molar-refractivity contribution >= 4 is 11.8 Å². The number of likely N-dealkylation sites (N-methyl/N-ethyl adjacent to an activating group) is 1. The smallest absolute Gasteiger partial charge is 0.230 e. The number of nitrogens with one attached hydrogen (secondary N) is 2. The predicted molar refractivity (Wildman–Crippen MR) is 165 cm³/mol. The Morgan fingerprint density at radius 2 is 1.72 bits per heavy atom. The van der Waals surface area contributed by atoms with Gasteiger partial charge in [-0.15, -0.1) is 0 Å². The number of nitrogens with two attached hydrogens (primary N) is 1. The van der Waals surface area contributed by atoms with Crippen LogP contribution in [0.2, 0.25) is 0 Å². The zero-order valence-electron chi connectivity index (χ0n) is 26.6. The van der Waals surface area contributed by atoms with Crippen molar-refractivity contribution < 1.29 is 18.4 Å². The topological polar surface area (TPSA) is 97.2 Å². The molecule has 5 heterocycles. The third-order valence-corrected chi connectivity index (χ3v) is 10.8. The van der Waals surface area contributed by atoms with Crippen molar-refractivity contribution in [2.24, 2.45) is 23.5 Å². The van der Waals surface area contributed by atoms with Gasteiger partial charge < -0.3 is 31.1 Å². The first-order valence-corrected chi connectivity index (χ1v) is 16.9. The van der Waals surface area contributed by atoms with E-state index in [1.807, 2.05) is 11.8 Å². The molecule has 0 radical (unpaired) electrons. The summed E-state index contributed by atoms with van der Waals surface area (Å²) in [6.45, 7) is 10.4. The summed E-state index contributed by atoms with van der Waals surface area (Å²) in [6, 6.07) is -1.37. The van der Waals surface area contributed by atoms with Crippen molar-refractivity contribution in [2.75, 3.05) is 72.5 Å². The number of fused-ring (bicyclic) bond motifs is 2. The molecule has 4 N–H and O–H groups in total. The van der Waals surface area contributed by atoms with Gasteiger partial charge in [-0.2, -0.15) is 0 Å². The number of allylic oxidation sites excluding steroid dienone is 1. The van der Waals surface area contributed by atoms with E-state index >= 15 is 4.39 Å². The minimum absolute atomic E-state index is 0.0306. The molecule has 5 rings (SSSR count). The van der Waals surface area contributed by atoms with Crippen LogP contribution in [0.4, 0.5) is 8.78 Å². The minimum atomic E-state index is -1.14. The van der Waals surface area contributed by atoms with Crippen molar-refractivity contribution in [2.45, 2.75) is 89.3 Å².